The number of hydrogen-bond donors (Lipinski definition) is 1. The van der Waals surface area contributed by atoms with Crippen LogP contribution in [0.3, 0.4) is 0 Å². The van der Waals surface area contributed by atoms with Crippen molar-refractivity contribution < 1.29 is 14.2 Å². The van der Waals surface area contributed by atoms with Crippen molar-refractivity contribution in [2.24, 2.45) is 0 Å². The van der Waals surface area contributed by atoms with Gasteiger partial charge in [0.15, 0.2) is 5.75 Å². The zero-order valence-corrected chi connectivity index (χ0v) is 13.1. The first-order valence-corrected chi connectivity index (χ1v) is 7.69. The summed E-state index contributed by atoms with van der Waals surface area (Å²) in [4.78, 5) is 0.781. The predicted octanol–water partition coefficient (Wildman–Crippen LogP) is 3.44. The topological polar surface area (TPSA) is 47.3 Å². The Hall–Kier alpha value is -1.53. The molecule has 0 fully saturated rings. The molecule has 0 amide bonds. The van der Waals surface area contributed by atoms with Gasteiger partial charge in [0.2, 0.25) is 0 Å². The predicted molar refractivity (Wildman–Crippen MR) is 81.2 cm³/mol. The van der Waals surface area contributed by atoms with E-state index in [1.165, 1.54) is 23.9 Å². The van der Waals surface area contributed by atoms with Gasteiger partial charge in [-0.2, -0.15) is 5.10 Å². The molecule has 0 aliphatic heterocycles. The van der Waals surface area contributed by atoms with Gasteiger partial charge >= 0.3 is 0 Å². The maximum absolute atomic E-state index is 13.1. The van der Waals surface area contributed by atoms with Crippen LogP contribution in [0.4, 0.5) is 4.39 Å². The number of ether oxygens (including phenoxy) is 1. The first-order chi connectivity index (χ1) is 10.0. The molecular weight excluding hydrogens is 291 g/mol. The van der Waals surface area contributed by atoms with E-state index in [-0.39, 0.29) is 11.9 Å². The summed E-state index contributed by atoms with van der Waals surface area (Å²) in [7, 11) is 1.55. The summed E-state index contributed by atoms with van der Waals surface area (Å²) in [6.07, 6.45) is 0.865. The quantitative estimate of drug-likeness (QED) is 0.830. The third kappa shape index (κ3) is 3.77. The highest BCUT2D eigenvalue weighted by Gasteiger charge is 2.21. The Bertz CT molecular complexity index is 601. The number of thioether (sulfide) groups is 1. The Morgan fingerprint density at radius 2 is 2.19 bits per heavy atom. The van der Waals surface area contributed by atoms with Gasteiger partial charge in [-0.05, 0) is 32.0 Å². The van der Waals surface area contributed by atoms with Gasteiger partial charge < -0.3 is 9.84 Å². The van der Waals surface area contributed by atoms with E-state index in [2.05, 4.69) is 5.10 Å². The highest BCUT2D eigenvalue weighted by molar-refractivity contribution is 7.99. The van der Waals surface area contributed by atoms with E-state index in [4.69, 9.17) is 4.74 Å². The number of aliphatic hydroxyl groups excluding tert-OH is 1. The second kappa shape index (κ2) is 6.95. The van der Waals surface area contributed by atoms with Crippen LogP contribution in [0.1, 0.15) is 31.7 Å². The molecule has 6 heteroatoms. The molecule has 0 bridgehead atoms. The molecule has 21 heavy (non-hydrogen) atoms. The Morgan fingerprint density at radius 1 is 1.43 bits per heavy atom. The Morgan fingerprint density at radius 3 is 2.81 bits per heavy atom. The van der Waals surface area contributed by atoms with Gasteiger partial charge in [0.05, 0.1) is 13.3 Å². The molecule has 114 valence electrons. The average Bonchev–Trinajstić information content (AvgIpc) is 2.89. The third-order valence-corrected chi connectivity index (χ3v) is 4.10. The summed E-state index contributed by atoms with van der Waals surface area (Å²) in [5, 5.41) is 14.7. The first-order valence-electron chi connectivity index (χ1n) is 6.70. The molecule has 1 N–H and O–H groups in total. The van der Waals surface area contributed by atoms with Gasteiger partial charge in [0.25, 0.3) is 0 Å². The van der Waals surface area contributed by atoms with Crippen LogP contribution in [0.25, 0.3) is 0 Å². The van der Waals surface area contributed by atoms with E-state index in [1.807, 2.05) is 19.9 Å². The van der Waals surface area contributed by atoms with Crippen molar-refractivity contribution >= 4 is 11.8 Å². The van der Waals surface area contributed by atoms with Crippen LogP contribution in [0.5, 0.6) is 5.75 Å². The fourth-order valence-electron chi connectivity index (χ4n) is 2.05. The molecule has 0 spiro atoms. The second-order valence-electron chi connectivity index (χ2n) is 4.92. The average molecular weight is 310 g/mol. The number of aliphatic hydroxyl groups is 1. The molecule has 4 nitrogen and oxygen atoms in total. The highest BCUT2D eigenvalue weighted by Crippen LogP contribution is 2.31. The van der Waals surface area contributed by atoms with Crippen molar-refractivity contribution in [2.45, 2.75) is 30.9 Å². The van der Waals surface area contributed by atoms with Gasteiger partial charge in [-0.15, -0.1) is 11.8 Å². The number of halogens is 1. The Balaban J connectivity index is 2.13. The minimum Gasteiger partial charge on any atom is -0.493 e. The van der Waals surface area contributed by atoms with E-state index in [0.717, 1.165) is 4.90 Å². The van der Waals surface area contributed by atoms with Crippen LogP contribution in [0.15, 0.2) is 35.4 Å². The number of nitrogens with zero attached hydrogens (tertiary/aromatic N) is 2. The minimum absolute atomic E-state index is 0.123. The lowest BCUT2D eigenvalue weighted by Gasteiger charge is -2.17. The van der Waals surface area contributed by atoms with Crippen molar-refractivity contribution in [1.29, 1.82) is 0 Å². The zero-order valence-electron chi connectivity index (χ0n) is 12.3. The van der Waals surface area contributed by atoms with E-state index >= 15 is 0 Å². The first kappa shape index (κ1) is 15.9. The summed E-state index contributed by atoms with van der Waals surface area (Å²) >= 11 is 1.39. The second-order valence-corrected chi connectivity index (χ2v) is 6.01. The Labute approximate surface area is 127 Å². The van der Waals surface area contributed by atoms with Gasteiger partial charge in [-0.25, -0.2) is 4.39 Å². The van der Waals surface area contributed by atoms with Gasteiger partial charge in [0.1, 0.15) is 17.6 Å². The largest absolute Gasteiger partial charge is 0.493 e. The van der Waals surface area contributed by atoms with E-state index in [1.54, 1.807) is 24.1 Å². The molecule has 1 heterocycles. The normalized spacial score (nSPS) is 12.7. The number of aromatic nitrogens is 2. The van der Waals surface area contributed by atoms with Crippen molar-refractivity contribution in [2.75, 3.05) is 12.9 Å². The van der Waals surface area contributed by atoms with Gasteiger partial charge in [-0.3, -0.25) is 4.68 Å². The number of methoxy groups -OCH3 is 1. The molecule has 0 aliphatic carbocycles. The number of hydrogen-bond acceptors (Lipinski definition) is 4. The zero-order chi connectivity index (χ0) is 15.4. The summed E-state index contributed by atoms with van der Waals surface area (Å²) in [5.41, 5.74) is 0.649. The van der Waals surface area contributed by atoms with Crippen LogP contribution in [0, 0.1) is 5.82 Å². The van der Waals surface area contributed by atoms with Crippen LogP contribution in [-0.2, 0) is 0 Å². The Kier molecular flexibility index (Phi) is 5.25. The fourth-order valence-corrected chi connectivity index (χ4v) is 2.93. The maximum atomic E-state index is 13.1. The standard InChI is InChI=1S/C15H19FN2O2S/c1-10(2)18-15(14(20-3)8-17-18)13(19)9-21-12-6-4-5-11(16)7-12/h4-8,10,13,19H,9H2,1-3H3. The molecular formula is C15H19FN2O2S. The number of rotatable bonds is 6. The molecule has 2 aromatic rings. The van der Waals surface area contributed by atoms with Crippen molar-refractivity contribution in [3.63, 3.8) is 0 Å². The summed E-state index contributed by atoms with van der Waals surface area (Å²) < 4.78 is 20.1. The lowest BCUT2D eigenvalue weighted by molar-refractivity contribution is 0.184. The monoisotopic (exact) mass is 310 g/mol. The maximum Gasteiger partial charge on any atom is 0.162 e. The molecule has 0 saturated carbocycles. The minimum atomic E-state index is -0.738. The van der Waals surface area contributed by atoms with E-state index in [0.29, 0.717) is 17.2 Å². The number of benzene rings is 1. The highest BCUT2D eigenvalue weighted by atomic mass is 32.2. The van der Waals surface area contributed by atoms with Crippen molar-refractivity contribution in [3.8, 4) is 5.75 Å². The SMILES string of the molecule is COc1cnn(C(C)C)c1C(O)CSc1cccc(F)c1. The van der Waals surface area contributed by atoms with Crippen molar-refractivity contribution in [1.82, 2.24) is 9.78 Å². The van der Waals surface area contributed by atoms with E-state index < -0.39 is 6.10 Å². The molecule has 0 saturated heterocycles. The molecule has 0 aliphatic rings. The van der Waals surface area contributed by atoms with Gasteiger partial charge in [0, 0.05) is 16.7 Å². The molecule has 1 aromatic heterocycles. The van der Waals surface area contributed by atoms with Crippen LogP contribution >= 0.6 is 11.8 Å². The van der Waals surface area contributed by atoms with Gasteiger partial charge in [-0.1, -0.05) is 6.07 Å². The lowest BCUT2D eigenvalue weighted by atomic mass is 10.2. The third-order valence-electron chi connectivity index (χ3n) is 3.03. The summed E-state index contributed by atoms with van der Waals surface area (Å²) in [6, 6.07) is 6.45. The van der Waals surface area contributed by atoms with Crippen LogP contribution in [0.2, 0.25) is 0 Å². The molecule has 0 radical (unpaired) electrons. The molecule has 2 rings (SSSR count). The lowest BCUT2D eigenvalue weighted by Crippen LogP contribution is -2.13. The van der Waals surface area contributed by atoms with Crippen LogP contribution < -0.4 is 4.74 Å². The van der Waals surface area contributed by atoms with E-state index in [9.17, 15) is 9.50 Å². The van der Waals surface area contributed by atoms with Crippen molar-refractivity contribution in [3.05, 3.63) is 42.0 Å². The summed E-state index contributed by atoms with van der Waals surface area (Å²) in [6.45, 7) is 3.98. The summed E-state index contributed by atoms with van der Waals surface area (Å²) in [5.74, 6) is 0.688. The molecule has 1 atom stereocenters. The van der Waals surface area contributed by atoms with Crippen LogP contribution in [-0.4, -0.2) is 27.7 Å². The molecule has 1 unspecified atom stereocenters. The smallest absolute Gasteiger partial charge is 0.162 e. The molecule has 1 aromatic carbocycles. The fraction of sp³-hybridized carbons (Fsp3) is 0.400.